The second-order valence-corrected chi connectivity index (χ2v) is 18.8. The molecule has 0 aliphatic heterocycles. The van der Waals surface area contributed by atoms with E-state index >= 15 is 0 Å². The molecule has 0 saturated heterocycles. The summed E-state index contributed by atoms with van der Waals surface area (Å²) in [6.07, 6.45) is 10.4. The third-order valence-electron chi connectivity index (χ3n) is 11.6. The van der Waals surface area contributed by atoms with E-state index in [-0.39, 0.29) is 137 Å². The van der Waals surface area contributed by atoms with Crippen LogP contribution in [0.4, 0.5) is 13.2 Å². The fourth-order valence-corrected chi connectivity index (χ4v) is 7.38. The molecule has 87 heavy (non-hydrogen) atoms. The van der Waals surface area contributed by atoms with E-state index in [1.54, 1.807) is 55.2 Å². The van der Waals surface area contributed by atoms with Gasteiger partial charge in [0, 0.05) is 175 Å². The normalized spacial score (nSPS) is 9.52. The van der Waals surface area contributed by atoms with Crippen molar-refractivity contribution in [1.29, 1.82) is 0 Å². The summed E-state index contributed by atoms with van der Waals surface area (Å²) in [5, 5.41) is 0. The van der Waals surface area contributed by atoms with Crippen molar-refractivity contribution in [2.24, 2.45) is 0 Å². The van der Waals surface area contributed by atoms with Gasteiger partial charge in [0.1, 0.15) is 0 Å². The first kappa shape index (κ1) is 78.9. The molecule has 0 spiro atoms. The molecule has 0 atom stereocenters. The van der Waals surface area contributed by atoms with Crippen LogP contribution >= 0.6 is 0 Å². The summed E-state index contributed by atoms with van der Waals surface area (Å²) in [6, 6.07) is 84.9. The minimum absolute atomic E-state index is 0. The van der Waals surface area contributed by atoms with Crippen LogP contribution in [-0.4, -0.2) is 29.9 Å². The third-order valence-corrected chi connectivity index (χ3v) is 11.6. The van der Waals surface area contributed by atoms with Crippen molar-refractivity contribution in [1.82, 2.24) is 29.9 Å². The monoisotopic (exact) mass is 2220 g/mol. The van der Waals surface area contributed by atoms with E-state index in [2.05, 4.69) is 131 Å². The zero-order valence-electron chi connectivity index (χ0n) is 47.6. The van der Waals surface area contributed by atoms with Gasteiger partial charge in [0.05, 0.1) is 0 Å². The van der Waals surface area contributed by atoms with Crippen molar-refractivity contribution >= 4 is 0 Å². The van der Waals surface area contributed by atoms with Gasteiger partial charge in [-0.05, 0) is 82.9 Å². The first-order valence-corrected chi connectivity index (χ1v) is 25.9. The van der Waals surface area contributed by atoms with E-state index in [0.717, 1.165) is 68.4 Å². The predicted octanol–water partition coefficient (Wildman–Crippen LogP) is 17.6. The predicted molar refractivity (Wildman–Crippen MR) is 319 cm³/mol. The second kappa shape index (κ2) is 42.7. The summed E-state index contributed by atoms with van der Waals surface area (Å²) in [4.78, 5) is 25.2. The number of nitrogens with zero attached hydrogens (tertiary/aromatic N) is 6. The Morgan fingerprint density at radius 2 is 0.736 bits per heavy atom. The fourth-order valence-electron chi connectivity index (χ4n) is 7.38. The summed E-state index contributed by atoms with van der Waals surface area (Å²) in [6.45, 7) is 10.7. The Labute approximate surface area is 591 Å². The number of aromatic nitrogens is 6. The zero-order chi connectivity index (χ0) is 57.1. The average molecular weight is 2220 g/mol. The third kappa shape index (κ3) is 27.0. The van der Waals surface area contributed by atoms with Crippen LogP contribution in [0.25, 0.3) is 67.5 Å². The molecule has 0 aliphatic carbocycles. The topological polar surface area (TPSA) is 77.3 Å². The van der Waals surface area contributed by atoms with E-state index in [0.29, 0.717) is 5.69 Å². The zero-order valence-corrected chi connectivity index (χ0v) is 61.9. The van der Waals surface area contributed by atoms with Crippen LogP contribution in [0.1, 0.15) is 37.5 Å². The molecule has 0 unspecified atom stereocenters. The van der Waals surface area contributed by atoms with Crippen molar-refractivity contribution in [3.8, 4) is 67.5 Å². The van der Waals surface area contributed by atoms with Crippen LogP contribution in [0.15, 0.2) is 256 Å². The fraction of sp³-hybridized carbons (Fsp3) is 0.0833. The van der Waals surface area contributed by atoms with Gasteiger partial charge in [0.25, 0.3) is 0 Å². The quantitative estimate of drug-likeness (QED) is 0.154. The maximum absolute atomic E-state index is 13.2. The van der Waals surface area contributed by atoms with Gasteiger partial charge in [-0.3, -0.25) is 13.2 Å². The molecule has 6 nitrogen and oxygen atoms in total. The molecule has 6 aromatic heterocycles. The van der Waals surface area contributed by atoms with Crippen LogP contribution in [0.3, 0.4) is 0 Å². The van der Waals surface area contributed by atoms with E-state index in [1.807, 2.05) is 146 Å². The molecule has 15 heteroatoms. The van der Waals surface area contributed by atoms with Gasteiger partial charge in [-0.25, -0.2) is 0 Å². The van der Waals surface area contributed by atoms with E-state index < -0.39 is 11.6 Å². The summed E-state index contributed by atoms with van der Waals surface area (Å²) in [7, 11) is 0. The molecular formula is C72H57F3Ir6N6-6. The molecule has 12 aromatic rings. The molecule has 6 heterocycles. The summed E-state index contributed by atoms with van der Waals surface area (Å²) >= 11 is 0. The minimum atomic E-state index is -0.649. The van der Waals surface area contributed by atoms with E-state index in [1.165, 1.54) is 28.8 Å². The van der Waals surface area contributed by atoms with Crippen molar-refractivity contribution in [3.63, 3.8) is 0 Å². The number of hydrogen-bond acceptors (Lipinski definition) is 6. The van der Waals surface area contributed by atoms with Crippen molar-refractivity contribution < 1.29 is 134 Å². The standard InChI is InChI=1S/C15H16N.2C12H10N.C11H6F2N.C11H7FN.C11H8N.6Ir/c1-15(2,3)13-9-7-12(8-10-13)14-6-4-5-11-16-14;1-10-5-7-11(8-6-10)12-4-2-3-9-13-12;1-10-6-5-9-13-12(10)11-7-3-2-4-8-11;12-8-4-5-9(10(13)7-8)11-3-1-2-6-14-11;12-10-6-4-9(5-7-10)11-3-1-2-8-13-11;1-2-6-10(7-3-1)11-8-4-5-9-12-11;;;;;;/h4-7,9-11H,1-3H3;2*2-7,9H,1H3;1-4,6-7H;1-4,6-8H;1-6,8-9H;;;;;;/q6*-1;;;;;;. The second-order valence-electron chi connectivity index (χ2n) is 18.8. The van der Waals surface area contributed by atoms with Crippen LogP contribution < -0.4 is 0 Å². The first-order valence-electron chi connectivity index (χ1n) is 25.9. The molecule has 6 aromatic carbocycles. The van der Waals surface area contributed by atoms with Gasteiger partial charge < -0.3 is 29.9 Å². The molecule has 0 N–H and O–H groups in total. The Bertz CT molecular complexity index is 3580. The van der Waals surface area contributed by atoms with Gasteiger partial charge in [0.15, 0.2) is 0 Å². The van der Waals surface area contributed by atoms with Gasteiger partial charge in [-0.15, -0.1) is 185 Å². The van der Waals surface area contributed by atoms with E-state index in [9.17, 15) is 13.2 Å². The Hall–Kier alpha value is -6.09. The maximum atomic E-state index is 13.2. The Kier molecular flexibility index (Phi) is 38.8. The molecule has 12 rings (SSSR count). The van der Waals surface area contributed by atoms with Crippen molar-refractivity contribution in [2.45, 2.75) is 40.0 Å². The Morgan fingerprint density at radius 1 is 0.333 bits per heavy atom. The number of halogens is 3. The molecular weight excluding hydrogens is 2160 g/mol. The molecule has 456 valence electrons. The van der Waals surface area contributed by atoms with Gasteiger partial charge in [-0.1, -0.05) is 112 Å². The Morgan fingerprint density at radius 3 is 1.10 bits per heavy atom. The minimum Gasteiger partial charge on any atom is -0.305 e. The number of rotatable bonds is 6. The SMILES string of the molecule is CC(C)(C)c1c[c-]c(-c2ccccn2)cc1.Cc1c[c-]c(-c2ccccn2)cc1.Cc1cccnc1-c1[c-]cccc1.Fc1c[c-]c(-c2ccccn2)c(F)c1.Fc1c[c-]c(-c2ccccn2)cc1.[Ir].[Ir].[Ir].[Ir].[Ir].[Ir].[c-]1ccccc1-c1ccccn1. The van der Waals surface area contributed by atoms with Crippen LogP contribution in [-0.2, 0) is 126 Å². The number of benzene rings is 6. The summed E-state index contributed by atoms with van der Waals surface area (Å²) < 4.78 is 38.3. The van der Waals surface area contributed by atoms with Crippen LogP contribution in [0, 0.1) is 67.7 Å². The van der Waals surface area contributed by atoms with Crippen LogP contribution in [0.2, 0.25) is 0 Å². The summed E-state index contributed by atoms with van der Waals surface area (Å²) in [5.41, 5.74) is 14.3. The molecule has 0 bridgehead atoms. The van der Waals surface area contributed by atoms with Crippen molar-refractivity contribution in [2.75, 3.05) is 0 Å². The number of hydrogen-bond donors (Lipinski definition) is 0. The van der Waals surface area contributed by atoms with Crippen LogP contribution in [0.5, 0.6) is 0 Å². The molecule has 0 fully saturated rings. The molecule has 0 aliphatic rings. The molecule has 0 saturated carbocycles. The maximum Gasteiger partial charge on any atom is 0.0408 e. The largest absolute Gasteiger partial charge is 0.305 e. The van der Waals surface area contributed by atoms with Gasteiger partial charge >= 0.3 is 0 Å². The van der Waals surface area contributed by atoms with Gasteiger partial charge in [0.2, 0.25) is 0 Å². The van der Waals surface area contributed by atoms with E-state index in [4.69, 9.17) is 0 Å². The smallest absolute Gasteiger partial charge is 0.0408 e. The summed E-state index contributed by atoms with van der Waals surface area (Å²) in [5.74, 6) is -1.56. The average Bonchev–Trinajstić information content (AvgIpc) is 3.64. The Balaban J connectivity index is 0.000000516. The van der Waals surface area contributed by atoms with Gasteiger partial charge in [-0.2, -0.15) is 0 Å². The molecule has 0 amide bonds. The number of pyridine rings is 6. The molecule has 6 radical (unpaired) electrons. The number of aryl methyl sites for hydroxylation is 2. The first-order chi connectivity index (χ1) is 39.4. The van der Waals surface area contributed by atoms with Crippen molar-refractivity contribution in [3.05, 3.63) is 326 Å².